The average Bonchev–Trinajstić information content (AvgIpc) is 2.61. The Hall–Kier alpha value is -0.750. The van der Waals surface area contributed by atoms with Gasteiger partial charge in [0.15, 0.2) is 6.23 Å². The van der Waals surface area contributed by atoms with Crippen LogP contribution in [0.4, 0.5) is 0 Å². The van der Waals surface area contributed by atoms with Gasteiger partial charge in [0.05, 0.1) is 16.2 Å². The molecule has 1 aliphatic rings. The maximum atomic E-state index is 11.7. The number of nitrogens with two attached hydrogens (primary N) is 1. The molecule has 1 fully saturated rings. The Balaban J connectivity index is 2.42. The van der Waals surface area contributed by atoms with Crippen LogP contribution in [0.25, 0.3) is 0 Å². The molecule has 4 atom stereocenters. The van der Waals surface area contributed by atoms with Crippen molar-refractivity contribution >= 4 is 22.6 Å². The van der Waals surface area contributed by atoms with Gasteiger partial charge in [-0.3, -0.25) is 14.3 Å². The van der Waals surface area contributed by atoms with Gasteiger partial charge in [-0.25, -0.2) is 4.79 Å². The van der Waals surface area contributed by atoms with Crippen LogP contribution in [-0.2, 0) is 4.74 Å². The topological polar surface area (TPSA) is 131 Å². The number of ether oxygens (including phenoxy) is 1. The zero-order valence-electron chi connectivity index (χ0n) is 9.12. The lowest BCUT2D eigenvalue weighted by atomic mass is 10.1. The van der Waals surface area contributed by atoms with Crippen molar-refractivity contribution in [1.29, 1.82) is 0 Å². The molecule has 0 aliphatic carbocycles. The summed E-state index contributed by atoms with van der Waals surface area (Å²) in [5.41, 5.74) is 4.57. The average molecular weight is 369 g/mol. The highest BCUT2D eigenvalue weighted by atomic mass is 127. The Labute approximate surface area is 115 Å². The van der Waals surface area contributed by atoms with E-state index in [1.807, 2.05) is 0 Å². The molecule has 100 valence electrons. The standard InChI is InChI=1S/C9H12IN3O5/c10-3-1-13(9(17)12-7(3)16)8-5(11)6(15)4(2-14)18-8/h1,4-6,8,14-15H,2,11H2,(H,12,16,17)/t4-,5-,6-,8-/m1/s1. The lowest BCUT2D eigenvalue weighted by Gasteiger charge is -2.17. The number of nitrogens with zero attached hydrogens (tertiary/aromatic N) is 1. The van der Waals surface area contributed by atoms with E-state index in [0.717, 1.165) is 4.57 Å². The van der Waals surface area contributed by atoms with Crippen LogP contribution in [0.15, 0.2) is 15.8 Å². The summed E-state index contributed by atoms with van der Waals surface area (Å²) in [6.45, 7) is -0.402. The maximum Gasteiger partial charge on any atom is 0.330 e. The first-order valence-corrected chi connectivity index (χ1v) is 6.24. The van der Waals surface area contributed by atoms with Crippen molar-refractivity contribution in [3.63, 3.8) is 0 Å². The van der Waals surface area contributed by atoms with E-state index in [0.29, 0.717) is 3.57 Å². The molecule has 0 bridgehead atoms. The van der Waals surface area contributed by atoms with Gasteiger partial charge in [-0.1, -0.05) is 0 Å². The van der Waals surface area contributed by atoms with E-state index in [2.05, 4.69) is 4.98 Å². The minimum Gasteiger partial charge on any atom is -0.394 e. The number of aliphatic hydroxyl groups is 2. The fourth-order valence-corrected chi connectivity index (χ4v) is 2.25. The smallest absolute Gasteiger partial charge is 0.330 e. The molecule has 18 heavy (non-hydrogen) atoms. The van der Waals surface area contributed by atoms with E-state index in [1.54, 1.807) is 22.6 Å². The molecule has 1 aromatic heterocycles. The summed E-state index contributed by atoms with van der Waals surface area (Å²) in [6.07, 6.45) is -1.54. The Morgan fingerprint density at radius 2 is 2.22 bits per heavy atom. The number of H-pyrrole nitrogens is 1. The lowest BCUT2D eigenvalue weighted by Crippen LogP contribution is -2.43. The van der Waals surface area contributed by atoms with Gasteiger partial charge in [0.25, 0.3) is 5.56 Å². The molecular weight excluding hydrogens is 357 g/mol. The third-order valence-electron chi connectivity index (χ3n) is 2.80. The zero-order chi connectivity index (χ0) is 13.4. The van der Waals surface area contributed by atoms with Crippen LogP contribution >= 0.6 is 22.6 Å². The first kappa shape index (κ1) is 13.7. The van der Waals surface area contributed by atoms with Gasteiger partial charge >= 0.3 is 5.69 Å². The third-order valence-corrected chi connectivity index (χ3v) is 3.57. The molecule has 0 radical (unpaired) electrons. The molecule has 1 saturated heterocycles. The Bertz CT molecular complexity index is 556. The van der Waals surface area contributed by atoms with Crippen LogP contribution in [-0.4, -0.2) is 44.6 Å². The fourth-order valence-electron chi connectivity index (χ4n) is 1.82. The highest BCUT2D eigenvalue weighted by Crippen LogP contribution is 2.26. The second-order valence-electron chi connectivity index (χ2n) is 3.96. The summed E-state index contributed by atoms with van der Waals surface area (Å²) in [4.78, 5) is 25.0. The molecule has 0 spiro atoms. The van der Waals surface area contributed by atoms with Crippen molar-refractivity contribution in [1.82, 2.24) is 9.55 Å². The van der Waals surface area contributed by atoms with E-state index in [1.165, 1.54) is 6.20 Å². The highest BCUT2D eigenvalue weighted by molar-refractivity contribution is 14.1. The summed E-state index contributed by atoms with van der Waals surface area (Å²) < 4.78 is 6.71. The minimum atomic E-state index is -1.07. The normalized spacial score (nSPS) is 31.8. The van der Waals surface area contributed by atoms with Crippen LogP contribution in [0.5, 0.6) is 0 Å². The number of aromatic amines is 1. The molecule has 5 N–H and O–H groups in total. The van der Waals surface area contributed by atoms with E-state index in [9.17, 15) is 14.7 Å². The summed E-state index contributed by atoms with van der Waals surface area (Å²) in [5, 5.41) is 18.7. The van der Waals surface area contributed by atoms with Gasteiger partial charge in [-0.05, 0) is 22.6 Å². The van der Waals surface area contributed by atoms with Crippen molar-refractivity contribution < 1.29 is 14.9 Å². The quantitative estimate of drug-likeness (QED) is 0.435. The van der Waals surface area contributed by atoms with Crippen LogP contribution in [0.3, 0.4) is 0 Å². The number of aliphatic hydroxyl groups excluding tert-OH is 2. The summed E-state index contributed by atoms with van der Waals surface area (Å²) in [5.74, 6) is 0. The molecular formula is C9H12IN3O5. The molecule has 8 nitrogen and oxygen atoms in total. The Morgan fingerprint density at radius 1 is 1.56 bits per heavy atom. The summed E-state index contributed by atoms with van der Waals surface area (Å²) in [7, 11) is 0. The number of halogens is 1. The first-order valence-electron chi connectivity index (χ1n) is 5.16. The maximum absolute atomic E-state index is 11.7. The summed E-state index contributed by atoms with van der Waals surface area (Å²) >= 11 is 1.77. The molecule has 9 heteroatoms. The predicted octanol–water partition coefficient (Wildman–Crippen LogP) is -2.28. The van der Waals surface area contributed by atoms with Crippen molar-refractivity contribution in [3.8, 4) is 0 Å². The molecule has 0 saturated carbocycles. The number of aromatic nitrogens is 2. The molecule has 2 heterocycles. The molecule has 2 rings (SSSR count). The van der Waals surface area contributed by atoms with Crippen LogP contribution in [0, 0.1) is 3.57 Å². The molecule has 0 aromatic carbocycles. The SMILES string of the molecule is N[C@@H]1[C@H](O)[C@@H](CO)O[C@H]1n1cc(I)c(=O)[nH]c1=O. The van der Waals surface area contributed by atoms with Gasteiger partial charge < -0.3 is 20.7 Å². The number of hydrogen-bond donors (Lipinski definition) is 4. The molecule has 1 aliphatic heterocycles. The van der Waals surface area contributed by atoms with E-state index < -0.39 is 42.3 Å². The lowest BCUT2D eigenvalue weighted by molar-refractivity contribution is -0.0465. The second kappa shape index (κ2) is 5.09. The Kier molecular flexibility index (Phi) is 3.87. The number of rotatable bonds is 2. The monoisotopic (exact) mass is 369 g/mol. The third kappa shape index (κ3) is 2.23. The van der Waals surface area contributed by atoms with Crippen molar-refractivity contribution in [3.05, 3.63) is 30.6 Å². The van der Waals surface area contributed by atoms with Gasteiger partial charge in [0.1, 0.15) is 12.2 Å². The van der Waals surface area contributed by atoms with E-state index in [4.69, 9.17) is 15.6 Å². The van der Waals surface area contributed by atoms with Gasteiger partial charge in [0, 0.05) is 6.20 Å². The Morgan fingerprint density at radius 3 is 2.78 bits per heavy atom. The van der Waals surface area contributed by atoms with E-state index in [-0.39, 0.29) is 0 Å². The summed E-state index contributed by atoms with van der Waals surface area (Å²) in [6, 6.07) is -0.860. The largest absolute Gasteiger partial charge is 0.394 e. The highest BCUT2D eigenvalue weighted by Gasteiger charge is 2.42. The molecule has 0 unspecified atom stereocenters. The van der Waals surface area contributed by atoms with Gasteiger partial charge in [-0.2, -0.15) is 0 Å². The first-order chi connectivity index (χ1) is 8.45. The van der Waals surface area contributed by atoms with Crippen LogP contribution in [0.1, 0.15) is 6.23 Å². The van der Waals surface area contributed by atoms with Crippen molar-refractivity contribution in [2.45, 2.75) is 24.5 Å². The van der Waals surface area contributed by atoms with Gasteiger partial charge in [0.2, 0.25) is 0 Å². The zero-order valence-corrected chi connectivity index (χ0v) is 11.3. The van der Waals surface area contributed by atoms with Crippen LogP contribution < -0.4 is 17.0 Å². The van der Waals surface area contributed by atoms with Crippen molar-refractivity contribution in [2.75, 3.05) is 6.61 Å². The molecule has 0 amide bonds. The second-order valence-corrected chi connectivity index (χ2v) is 5.12. The van der Waals surface area contributed by atoms with E-state index >= 15 is 0 Å². The minimum absolute atomic E-state index is 0.296. The number of hydrogen-bond acceptors (Lipinski definition) is 6. The fraction of sp³-hybridized carbons (Fsp3) is 0.556. The van der Waals surface area contributed by atoms with Gasteiger partial charge in [-0.15, -0.1) is 0 Å². The van der Waals surface area contributed by atoms with Crippen LogP contribution in [0.2, 0.25) is 0 Å². The molecule has 1 aromatic rings. The predicted molar refractivity (Wildman–Crippen MR) is 69.0 cm³/mol. The van der Waals surface area contributed by atoms with Crippen molar-refractivity contribution in [2.24, 2.45) is 5.73 Å². The number of nitrogens with one attached hydrogen (secondary N) is 1.